The van der Waals surface area contributed by atoms with Crippen LogP contribution in [0.3, 0.4) is 0 Å². The molecule has 0 unspecified atom stereocenters. The molecule has 0 radical (unpaired) electrons. The normalized spacial score (nSPS) is 35.6. The number of anilines is 1. The number of aliphatic carboxylic acids is 1. The monoisotopic (exact) mass is 539 g/mol. The van der Waals surface area contributed by atoms with E-state index in [9.17, 15) is 24.3 Å². The first kappa shape index (κ1) is 22.4. The molecule has 6 aliphatic carbocycles. The van der Waals surface area contributed by atoms with Crippen LogP contribution in [0.4, 0.5) is 5.69 Å². The Balaban J connectivity index is 0.863. The summed E-state index contributed by atoms with van der Waals surface area (Å²) in [6, 6.07) is 10.8. The number of carbonyl (C=O) groups is 3. The van der Waals surface area contributed by atoms with Crippen molar-refractivity contribution < 1.29 is 24.2 Å². The number of amides is 2. The molecule has 1 aromatic heterocycles. The maximum Gasteiger partial charge on any atom is 0.310 e. The number of carboxylic acid groups (broad SMARTS) is 1. The lowest BCUT2D eigenvalue weighted by Crippen LogP contribution is -3.12. The Morgan fingerprint density at radius 2 is 1.62 bits per heavy atom. The Kier molecular flexibility index (Phi) is 3.93. The van der Waals surface area contributed by atoms with Gasteiger partial charge in [-0.15, -0.1) is 0 Å². The SMILES string of the molecule is O=C(NCc1ccc2c(c1)NCCO2)c1nc2ccc(CNC(=O)C34C5C6C3C3C4C5C63C(=O)O)cc2c(=O)[nH]1. The van der Waals surface area contributed by atoms with E-state index in [2.05, 4.69) is 25.9 Å². The van der Waals surface area contributed by atoms with Crippen molar-refractivity contribution >= 4 is 34.4 Å². The number of carbonyl (C=O) groups excluding carboxylic acids is 2. The lowest BCUT2D eigenvalue weighted by Gasteiger charge is -3.09. The zero-order chi connectivity index (χ0) is 27.1. The largest absolute Gasteiger partial charge is 0.490 e. The molecule has 2 amide bonds. The highest BCUT2D eigenvalue weighted by atomic mass is 16.5. The van der Waals surface area contributed by atoms with Crippen LogP contribution >= 0.6 is 0 Å². The molecule has 202 valence electrons. The van der Waals surface area contributed by atoms with Crippen molar-refractivity contribution in [3.05, 3.63) is 63.7 Å². The number of nitrogens with zero attached hydrogens (tertiary/aromatic N) is 1. The van der Waals surface area contributed by atoms with Crippen molar-refractivity contribution in [3.63, 3.8) is 0 Å². The second-order valence-electron chi connectivity index (χ2n) is 12.1. The fourth-order valence-electron chi connectivity index (χ4n) is 9.71. The van der Waals surface area contributed by atoms with Crippen LogP contribution in [0.5, 0.6) is 5.75 Å². The van der Waals surface area contributed by atoms with Gasteiger partial charge in [0.15, 0.2) is 5.82 Å². The highest BCUT2D eigenvalue weighted by molar-refractivity contribution is 5.98. The maximum absolute atomic E-state index is 13.2. The molecule has 5 N–H and O–H groups in total. The van der Waals surface area contributed by atoms with Crippen LogP contribution in [0.1, 0.15) is 21.7 Å². The van der Waals surface area contributed by atoms with Gasteiger partial charge in [-0.3, -0.25) is 19.2 Å². The van der Waals surface area contributed by atoms with Gasteiger partial charge in [0.2, 0.25) is 5.91 Å². The third-order valence-corrected chi connectivity index (χ3v) is 11.0. The molecule has 7 aliphatic rings. The molecule has 11 nitrogen and oxygen atoms in total. The summed E-state index contributed by atoms with van der Waals surface area (Å²) in [5, 5.41) is 19.1. The van der Waals surface area contributed by atoms with Crippen LogP contribution in [0.25, 0.3) is 10.9 Å². The minimum Gasteiger partial charge on any atom is -0.490 e. The fourth-order valence-corrected chi connectivity index (χ4v) is 9.71. The lowest BCUT2D eigenvalue weighted by atomic mass is 8.92. The van der Waals surface area contributed by atoms with Gasteiger partial charge in [-0.05, 0) is 70.9 Å². The molecule has 1 aliphatic heterocycles. The molecule has 2 heterocycles. The molecule has 11 heteroatoms. The quantitative estimate of drug-likeness (QED) is 0.298. The highest BCUT2D eigenvalue weighted by Crippen LogP contribution is 3.10. The Bertz CT molecular complexity index is 1730. The zero-order valence-electron chi connectivity index (χ0n) is 21.2. The Morgan fingerprint density at radius 3 is 2.38 bits per heavy atom. The number of hydrogen-bond donors (Lipinski definition) is 5. The van der Waals surface area contributed by atoms with E-state index < -0.39 is 22.9 Å². The summed E-state index contributed by atoms with van der Waals surface area (Å²) in [5.41, 5.74) is 1.65. The molecule has 6 saturated carbocycles. The number of aromatic nitrogens is 2. The topological polar surface area (TPSA) is 163 Å². The molecule has 0 atom stereocenters. The van der Waals surface area contributed by atoms with E-state index >= 15 is 0 Å². The standard InChI is InChI=1S/C29H25N5O6/c35-24-13-7-11(10-32-26(37)28-17-20-18(28)22-19(28)21(17)29(20,22)27(38)39)1-3-14(13)33-23(34-24)25(36)31-9-12-2-4-16-15(8-12)30-5-6-40-16/h1-4,7-8,17-22,30H,5-6,9-10H2,(H,31,36)(H,32,37)(H,38,39)(H,33,34,35). The van der Waals surface area contributed by atoms with Crippen LogP contribution in [0, 0.1) is 46.3 Å². The summed E-state index contributed by atoms with van der Waals surface area (Å²) >= 11 is 0. The minimum atomic E-state index is -0.664. The van der Waals surface area contributed by atoms with E-state index in [1.807, 2.05) is 18.2 Å². The minimum absolute atomic E-state index is 0.0244. The zero-order valence-corrected chi connectivity index (χ0v) is 21.2. The van der Waals surface area contributed by atoms with Gasteiger partial charge in [0.05, 0.1) is 27.4 Å². The third-order valence-electron chi connectivity index (χ3n) is 11.0. The average Bonchev–Trinajstić information content (AvgIpc) is 2.98. The predicted octanol–water partition coefficient (Wildman–Crippen LogP) is 1.10. The van der Waals surface area contributed by atoms with Crippen LogP contribution in [0.15, 0.2) is 41.2 Å². The second kappa shape index (κ2) is 7.01. The lowest BCUT2D eigenvalue weighted by molar-refractivity contribution is -0.626. The summed E-state index contributed by atoms with van der Waals surface area (Å²) in [7, 11) is 0. The molecule has 10 rings (SSSR count). The predicted molar refractivity (Wildman–Crippen MR) is 139 cm³/mol. The van der Waals surface area contributed by atoms with Gasteiger partial charge in [-0.25, -0.2) is 4.98 Å². The number of aromatic amines is 1. The number of rotatable bonds is 7. The van der Waals surface area contributed by atoms with Crippen LogP contribution < -0.4 is 26.2 Å². The molecule has 2 aromatic carbocycles. The first-order valence-electron chi connectivity index (χ1n) is 13.7. The molecular weight excluding hydrogens is 514 g/mol. The van der Waals surface area contributed by atoms with E-state index in [4.69, 9.17) is 4.74 Å². The van der Waals surface area contributed by atoms with Crippen molar-refractivity contribution in [1.82, 2.24) is 20.6 Å². The summed E-state index contributed by atoms with van der Waals surface area (Å²) in [4.78, 5) is 57.4. The molecular formula is C29H25N5O6. The molecule has 0 saturated heterocycles. The van der Waals surface area contributed by atoms with Gasteiger partial charge in [-0.1, -0.05) is 12.1 Å². The van der Waals surface area contributed by atoms with Crippen molar-refractivity contribution in [3.8, 4) is 5.75 Å². The highest BCUT2D eigenvalue weighted by Gasteiger charge is 3.13. The summed E-state index contributed by atoms with van der Waals surface area (Å²) in [6.45, 7) is 1.87. The van der Waals surface area contributed by atoms with Crippen LogP contribution in [-0.4, -0.2) is 46.0 Å². The maximum atomic E-state index is 13.2. The molecule has 0 spiro atoms. The average molecular weight is 540 g/mol. The van der Waals surface area contributed by atoms with Crippen molar-refractivity contribution in [1.29, 1.82) is 0 Å². The number of H-pyrrole nitrogens is 1. The Morgan fingerprint density at radius 1 is 0.950 bits per heavy atom. The number of benzene rings is 2. The smallest absolute Gasteiger partial charge is 0.310 e. The van der Waals surface area contributed by atoms with Gasteiger partial charge in [-0.2, -0.15) is 0 Å². The number of ether oxygens (including phenoxy) is 1. The molecule has 0 bridgehead atoms. The number of fused-ring (bicyclic) bond motifs is 2. The second-order valence-corrected chi connectivity index (χ2v) is 12.1. The van der Waals surface area contributed by atoms with Crippen molar-refractivity contribution in [2.75, 3.05) is 18.5 Å². The number of carboxylic acids is 1. The number of nitrogens with one attached hydrogen (secondary N) is 4. The van der Waals surface area contributed by atoms with Gasteiger partial charge < -0.3 is 30.8 Å². The Hall–Kier alpha value is -4.41. The van der Waals surface area contributed by atoms with E-state index in [1.165, 1.54) is 0 Å². The van der Waals surface area contributed by atoms with Gasteiger partial charge in [0.1, 0.15) is 12.4 Å². The summed E-state index contributed by atoms with van der Waals surface area (Å²) < 4.78 is 5.58. The van der Waals surface area contributed by atoms with E-state index in [0.717, 1.165) is 29.1 Å². The van der Waals surface area contributed by atoms with Gasteiger partial charge in [0.25, 0.3) is 11.5 Å². The van der Waals surface area contributed by atoms with Crippen LogP contribution in [-0.2, 0) is 22.7 Å². The Labute approximate surface area is 226 Å². The van der Waals surface area contributed by atoms with E-state index in [-0.39, 0.29) is 65.7 Å². The van der Waals surface area contributed by atoms with Crippen molar-refractivity contribution in [2.45, 2.75) is 13.1 Å². The first-order chi connectivity index (χ1) is 19.4. The fraction of sp³-hybridized carbons (Fsp3) is 0.414. The van der Waals surface area contributed by atoms with Gasteiger partial charge >= 0.3 is 5.97 Å². The summed E-state index contributed by atoms with van der Waals surface area (Å²) in [5.74, 6) is 0.927. The molecule has 3 aromatic rings. The van der Waals surface area contributed by atoms with Crippen molar-refractivity contribution in [2.24, 2.45) is 46.3 Å². The first-order valence-corrected chi connectivity index (χ1v) is 13.7. The van der Waals surface area contributed by atoms with E-state index in [1.54, 1.807) is 18.2 Å². The van der Waals surface area contributed by atoms with Crippen LogP contribution in [0.2, 0.25) is 0 Å². The number of hydrogen-bond acceptors (Lipinski definition) is 7. The van der Waals surface area contributed by atoms with Gasteiger partial charge in [0, 0.05) is 19.6 Å². The summed E-state index contributed by atoms with van der Waals surface area (Å²) in [6.07, 6.45) is 0. The van der Waals surface area contributed by atoms with E-state index in [0.29, 0.717) is 17.5 Å². The molecule has 40 heavy (non-hydrogen) atoms. The molecule has 6 fully saturated rings. The third kappa shape index (κ3) is 2.23.